The number of ketones is 1. The van der Waals surface area contributed by atoms with E-state index in [1.54, 1.807) is 0 Å². The minimum Gasteiger partial charge on any atom is -0.394 e. The Kier molecular flexibility index (Phi) is 9.84. The molecule has 0 aromatic heterocycles. The second-order valence-corrected chi connectivity index (χ2v) is 15.4. The maximum absolute atomic E-state index is 13.5. The zero-order valence-corrected chi connectivity index (χ0v) is 26.0. The smallest absolute Gasteiger partial charge is 0.186 e. The van der Waals surface area contributed by atoms with Crippen LogP contribution in [0.2, 0.25) is 0 Å². The fourth-order valence-corrected chi connectivity index (χ4v) is 10.6. The van der Waals surface area contributed by atoms with Gasteiger partial charge < -0.3 is 40.1 Å². The van der Waals surface area contributed by atoms with Gasteiger partial charge in [-0.05, 0) is 104 Å². The lowest BCUT2D eigenvalue weighted by Gasteiger charge is -2.61. The van der Waals surface area contributed by atoms with Crippen molar-refractivity contribution in [1.82, 2.24) is 0 Å². The van der Waals surface area contributed by atoms with E-state index in [0.717, 1.165) is 38.5 Å². The van der Waals surface area contributed by atoms with Crippen LogP contribution >= 0.6 is 0 Å². The van der Waals surface area contributed by atoms with Crippen molar-refractivity contribution in [3.05, 3.63) is 0 Å². The van der Waals surface area contributed by atoms with Gasteiger partial charge in [0.25, 0.3) is 0 Å². The van der Waals surface area contributed by atoms with Crippen LogP contribution in [0.15, 0.2) is 0 Å². The second kappa shape index (κ2) is 12.6. The first-order valence-corrected chi connectivity index (χ1v) is 16.6. The zero-order valence-electron chi connectivity index (χ0n) is 26.0. The fourth-order valence-electron chi connectivity index (χ4n) is 10.6. The van der Waals surface area contributed by atoms with Crippen LogP contribution in [0.3, 0.4) is 0 Å². The molecule has 3 unspecified atom stereocenters. The Bertz CT molecular complexity index is 944. The molecular formula is C33H56O9. The first-order valence-electron chi connectivity index (χ1n) is 16.6. The minimum atomic E-state index is -1.48. The van der Waals surface area contributed by atoms with E-state index in [1.807, 2.05) is 13.8 Å². The predicted molar refractivity (Wildman–Crippen MR) is 155 cm³/mol. The van der Waals surface area contributed by atoms with Crippen molar-refractivity contribution in [1.29, 1.82) is 0 Å². The van der Waals surface area contributed by atoms with E-state index in [-0.39, 0.29) is 47.1 Å². The van der Waals surface area contributed by atoms with Crippen LogP contribution in [0.1, 0.15) is 91.9 Å². The molecule has 0 spiro atoms. The van der Waals surface area contributed by atoms with Crippen molar-refractivity contribution in [3.8, 4) is 0 Å². The van der Waals surface area contributed by atoms with Gasteiger partial charge in [0, 0.05) is 12.3 Å². The van der Waals surface area contributed by atoms with Crippen molar-refractivity contribution < 1.29 is 44.9 Å². The number of hydrogen-bond acceptors (Lipinski definition) is 9. The highest BCUT2D eigenvalue weighted by Crippen LogP contribution is 2.68. The maximum atomic E-state index is 13.5. The molecule has 16 atom stereocenters. The van der Waals surface area contributed by atoms with Gasteiger partial charge in [0.2, 0.25) is 0 Å². The van der Waals surface area contributed by atoms with Crippen LogP contribution in [0.5, 0.6) is 0 Å². The van der Waals surface area contributed by atoms with Crippen molar-refractivity contribution in [3.63, 3.8) is 0 Å². The molecule has 0 aromatic rings. The quantitative estimate of drug-likeness (QED) is 0.235. The number of carbonyl (C=O) groups is 1. The van der Waals surface area contributed by atoms with Gasteiger partial charge in [-0.25, -0.2) is 0 Å². The molecule has 0 aromatic carbocycles. The van der Waals surface area contributed by atoms with Gasteiger partial charge in [0.15, 0.2) is 6.29 Å². The third kappa shape index (κ3) is 5.75. The summed E-state index contributed by atoms with van der Waals surface area (Å²) in [6, 6.07) is 0. The summed E-state index contributed by atoms with van der Waals surface area (Å²) in [5.74, 6) is 2.12. The van der Waals surface area contributed by atoms with E-state index in [2.05, 4.69) is 13.8 Å². The average molecular weight is 597 g/mol. The summed E-state index contributed by atoms with van der Waals surface area (Å²) < 4.78 is 11.1. The van der Waals surface area contributed by atoms with Crippen LogP contribution in [0, 0.1) is 52.3 Å². The van der Waals surface area contributed by atoms with Crippen LogP contribution in [0.25, 0.3) is 0 Å². The SMILES string of the molecule is C[C@@H](CCC(=O)[C@@H](C)[C@H]1[C@@H](O)C[C@H]2[C@@H]3CC[C@@H]4C[C@@H](O)CC[C@]4(C)[C@H]3CC[C@]12C)CO[C@@H]1OC(CO)[C@@H](O)C(O)C1O. The van der Waals surface area contributed by atoms with E-state index in [9.17, 15) is 35.4 Å². The molecule has 5 fully saturated rings. The van der Waals surface area contributed by atoms with E-state index in [1.165, 1.54) is 12.8 Å². The fraction of sp³-hybridized carbons (Fsp3) is 0.970. The zero-order chi connectivity index (χ0) is 30.6. The Morgan fingerprint density at radius 1 is 0.905 bits per heavy atom. The Morgan fingerprint density at radius 2 is 1.62 bits per heavy atom. The molecule has 6 N–H and O–H groups in total. The lowest BCUT2D eigenvalue weighted by Crippen LogP contribution is -2.59. The van der Waals surface area contributed by atoms with Gasteiger partial charge in [-0.2, -0.15) is 0 Å². The number of hydrogen-bond donors (Lipinski definition) is 6. The first-order chi connectivity index (χ1) is 19.8. The molecule has 1 aliphatic heterocycles. The molecule has 242 valence electrons. The number of Topliss-reactive ketones (excluding diaryl/α,β-unsaturated/α-hetero) is 1. The molecule has 4 saturated carbocycles. The standard InChI is InChI=1S/C33H56O9/c1-17(16-41-31-30(40)29(39)28(38)26(15-34)42-31)5-8-24(36)18(2)27-25(37)14-23-21-7-6-19-13-20(35)9-11-32(19,3)22(21)10-12-33(23,27)4/h17-23,25-31,34-35,37-40H,5-16H2,1-4H3/t17-,18+,19+,20-,21+,22-,23-,25-,26?,27-,28+,29?,30?,31+,32-,33-/m0/s1. The molecule has 0 bridgehead atoms. The first kappa shape index (κ1) is 32.7. The summed E-state index contributed by atoms with van der Waals surface area (Å²) in [5, 5.41) is 61.3. The Labute approximate surface area is 251 Å². The van der Waals surface area contributed by atoms with Gasteiger partial charge in [0.1, 0.15) is 30.2 Å². The third-order valence-corrected chi connectivity index (χ3v) is 13.1. The highest BCUT2D eigenvalue weighted by molar-refractivity contribution is 5.81. The normalized spacial score (nSPS) is 50.3. The lowest BCUT2D eigenvalue weighted by molar-refractivity contribution is -0.303. The van der Waals surface area contributed by atoms with Crippen molar-refractivity contribution >= 4 is 5.78 Å². The highest BCUT2D eigenvalue weighted by atomic mass is 16.7. The molecular weight excluding hydrogens is 540 g/mol. The summed E-state index contributed by atoms with van der Waals surface area (Å²) in [5.41, 5.74) is 0.229. The predicted octanol–water partition coefficient (Wildman–Crippen LogP) is 2.42. The van der Waals surface area contributed by atoms with Crippen LogP contribution in [-0.2, 0) is 14.3 Å². The van der Waals surface area contributed by atoms with Gasteiger partial charge in [-0.15, -0.1) is 0 Å². The van der Waals surface area contributed by atoms with Gasteiger partial charge in [-0.1, -0.05) is 27.7 Å². The number of carbonyl (C=O) groups excluding carboxylic acids is 1. The molecule has 0 radical (unpaired) electrons. The number of ether oxygens (including phenoxy) is 2. The molecule has 9 nitrogen and oxygen atoms in total. The monoisotopic (exact) mass is 596 g/mol. The molecule has 4 aliphatic carbocycles. The van der Waals surface area contributed by atoms with Crippen molar-refractivity contribution in [2.45, 2.75) is 135 Å². The minimum absolute atomic E-state index is 0.0225. The van der Waals surface area contributed by atoms with Gasteiger partial charge in [0.05, 0.1) is 25.4 Å². The summed E-state index contributed by atoms with van der Waals surface area (Å²) >= 11 is 0. The summed E-state index contributed by atoms with van der Waals surface area (Å²) in [6.45, 7) is 8.45. The summed E-state index contributed by atoms with van der Waals surface area (Å²) in [4.78, 5) is 13.5. The van der Waals surface area contributed by atoms with Crippen molar-refractivity contribution in [2.75, 3.05) is 13.2 Å². The second-order valence-electron chi connectivity index (χ2n) is 15.4. The molecule has 5 aliphatic rings. The molecule has 42 heavy (non-hydrogen) atoms. The maximum Gasteiger partial charge on any atom is 0.186 e. The number of aliphatic hydroxyl groups excluding tert-OH is 6. The van der Waals surface area contributed by atoms with Crippen LogP contribution < -0.4 is 0 Å². The summed E-state index contributed by atoms with van der Waals surface area (Å²) in [6.07, 6.45) is 2.06. The Balaban J connectivity index is 1.16. The number of rotatable bonds is 9. The molecule has 1 heterocycles. The van der Waals surface area contributed by atoms with E-state index < -0.39 is 43.4 Å². The van der Waals surface area contributed by atoms with E-state index in [0.29, 0.717) is 36.5 Å². The van der Waals surface area contributed by atoms with E-state index in [4.69, 9.17) is 9.47 Å². The topological polar surface area (TPSA) is 157 Å². The molecule has 0 amide bonds. The van der Waals surface area contributed by atoms with Gasteiger partial charge in [-0.3, -0.25) is 4.79 Å². The number of fused-ring (bicyclic) bond motifs is 5. The number of aliphatic hydroxyl groups is 6. The average Bonchev–Trinajstić information content (AvgIpc) is 3.24. The largest absolute Gasteiger partial charge is 0.394 e. The van der Waals surface area contributed by atoms with Gasteiger partial charge >= 0.3 is 0 Å². The summed E-state index contributed by atoms with van der Waals surface area (Å²) in [7, 11) is 0. The molecule has 1 saturated heterocycles. The van der Waals surface area contributed by atoms with Crippen LogP contribution in [0.4, 0.5) is 0 Å². The lowest BCUT2D eigenvalue weighted by atomic mass is 9.44. The Hall–Kier alpha value is -0.650. The molecule has 5 rings (SSSR count). The Morgan fingerprint density at radius 3 is 2.33 bits per heavy atom. The van der Waals surface area contributed by atoms with Crippen molar-refractivity contribution in [2.24, 2.45) is 52.3 Å². The van der Waals surface area contributed by atoms with E-state index >= 15 is 0 Å². The highest BCUT2D eigenvalue weighted by Gasteiger charge is 2.63. The molecule has 9 heteroatoms. The third-order valence-electron chi connectivity index (χ3n) is 13.1. The van der Waals surface area contributed by atoms with Crippen LogP contribution in [-0.4, -0.2) is 92.5 Å².